The molecule has 0 saturated carbocycles. The second kappa shape index (κ2) is 6.33. The molecule has 15 heavy (non-hydrogen) atoms. The summed E-state index contributed by atoms with van der Waals surface area (Å²) in [6, 6.07) is 5.86. The summed E-state index contributed by atoms with van der Waals surface area (Å²) in [4.78, 5) is 11.8. The van der Waals surface area contributed by atoms with Crippen molar-refractivity contribution in [3.05, 3.63) is 28.2 Å². The van der Waals surface area contributed by atoms with Gasteiger partial charge in [-0.25, -0.2) is 0 Å². The Labute approximate surface area is 104 Å². The van der Waals surface area contributed by atoms with Crippen LogP contribution in [0.4, 0.5) is 0 Å². The van der Waals surface area contributed by atoms with E-state index in [1.807, 2.05) is 30.0 Å². The normalized spacial score (nSPS) is 10.7. The Morgan fingerprint density at radius 2 is 2.20 bits per heavy atom. The summed E-state index contributed by atoms with van der Waals surface area (Å²) in [6.45, 7) is 4.46. The number of carbonyl (C=O) groups excluding carboxylic acids is 1. The number of halogens is 1. The number of rotatable bonds is 5. The van der Waals surface area contributed by atoms with Crippen LogP contribution >= 0.6 is 27.7 Å². The molecule has 0 heterocycles. The number of hydrogen-bond acceptors (Lipinski definition) is 2. The fourth-order valence-electron chi connectivity index (χ4n) is 1.11. The molecule has 0 amide bonds. The second-order valence-corrected chi connectivity index (χ2v) is 5.85. The van der Waals surface area contributed by atoms with Crippen LogP contribution in [0, 0.1) is 5.92 Å². The van der Waals surface area contributed by atoms with Crippen LogP contribution in [0.1, 0.15) is 30.6 Å². The molecule has 82 valence electrons. The van der Waals surface area contributed by atoms with Crippen LogP contribution in [-0.2, 0) is 0 Å². The number of benzene rings is 1. The lowest BCUT2D eigenvalue weighted by atomic mass is 10.2. The van der Waals surface area contributed by atoms with Gasteiger partial charge in [-0.1, -0.05) is 29.8 Å². The highest BCUT2D eigenvalue weighted by atomic mass is 79.9. The maximum absolute atomic E-state index is 10.6. The van der Waals surface area contributed by atoms with Gasteiger partial charge in [0.05, 0.1) is 0 Å². The van der Waals surface area contributed by atoms with Crippen molar-refractivity contribution >= 4 is 34.0 Å². The quantitative estimate of drug-likeness (QED) is 0.590. The van der Waals surface area contributed by atoms with E-state index >= 15 is 0 Å². The molecule has 0 atom stereocenters. The lowest BCUT2D eigenvalue weighted by Gasteiger charge is -2.05. The molecular weight excluding hydrogens is 272 g/mol. The molecule has 1 aromatic rings. The second-order valence-electron chi connectivity index (χ2n) is 3.83. The molecular formula is C12H15BrOS. The van der Waals surface area contributed by atoms with Gasteiger partial charge in [0, 0.05) is 14.9 Å². The van der Waals surface area contributed by atoms with Crippen LogP contribution in [0.2, 0.25) is 0 Å². The van der Waals surface area contributed by atoms with Gasteiger partial charge >= 0.3 is 0 Å². The van der Waals surface area contributed by atoms with Crippen molar-refractivity contribution in [1.29, 1.82) is 0 Å². The van der Waals surface area contributed by atoms with Crippen LogP contribution in [0.25, 0.3) is 0 Å². The fourth-order valence-corrected chi connectivity index (χ4v) is 2.92. The van der Waals surface area contributed by atoms with Crippen LogP contribution in [0.3, 0.4) is 0 Å². The number of thioether (sulfide) groups is 1. The van der Waals surface area contributed by atoms with Gasteiger partial charge in [-0.05, 0) is 36.3 Å². The van der Waals surface area contributed by atoms with Crippen molar-refractivity contribution < 1.29 is 4.79 Å². The number of aldehydes is 1. The van der Waals surface area contributed by atoms with E-state index in [0.29, 0.717) is 5.56 Å². The van der Waals surface area contributed by atoms with Gasteiger partial charge in [0.1, 0.15) is 0 Å². The van der Waals surface area contributed by atoms with Crippen molar-refractivity contribution in [1.82, 2.24) is 0 Å². The van der Waals surface area contributed by atoms with Crippen molar-refractivity contribution in [3.63, 3.8) is 0 Å². The maximum atomic E-state index is 10.6. The molecule has 0 bridgehead atoms. The van der Waals surface area contributed by atoms with Crippen molar-refractivity contribution in [3.8, 4) is 0 Å². The predicted octanol–water partition coefficient (Wildman–Crippen LogP) is 4.40. The van der Waals surface area contributed by atoms with Crippen LogP contribution in [-0.4, -0.2) is 12.0 Å². The summed E-state index contributed by atoms with van der Waals surface area (Å²) in [5.41, 5.74) is 0.711. The molecule has 0 aromatic heterocycles. The highest BCUT2D eigenvalue weighted by molar-refractivity contribution is 9.10. The van der Waals surface area contributed by atoms with Gasteiger partial charge in [-0.15, -0.1) is 11.8 Å². The van der Waals surface area contributed by atoms with E-state index < -0.39 is 0 Å². The van der Waals surface area contributed by atoms with E-state index in [9.17, 15) is 4.79 Å². The molecule has 3 heteroatoms. The monoisotopic (exact) mass is 286 g/mol. The lowest BCUT2D eigenvalue weighted by molar-refractivity contribution is 0.112. The molecule has 0 N–H and O–H groups in total. The molecule has 0 saturated heterocycles. The summed E-state index contributed by atoms with van der Waals surface area (Å²) in [6.07, 6.45) is 2.09. The van der Waals surface area contributed by atoms with E-state index in [2.05, 4.69) is 29.8 Å². The van der Waals surface area contributed by atoms with Gasteiger partial charge in [-0.3, -0.25) is 4.79 Å². The third-order valence-corrected chi connectivity index (χ3v) is 3.78. The molecule has 0 aliphatic heterocycles. The van der Waals surface area contributed by atoms with Gasteiger partial charge in [0.2, 0.25) is 0 Å². The topological polar surface area (TPSA) is 17.1 Å². The zero-order valence-corrected chi connectivity index (χ0v) is 11.4. The molecule has 0 aliphatic carbocycles. The van der Waals surface area contributed by atoms with Crippen molar-refractivity contribution in [2.24, 2.45) is 5.92 Å². The Morgan fingerprint density at radius 1 is 1.47 bits per heavy atom. The summed E-state index contributed by atoms with van der Waals surface area (Å²) in [5, 5.41) is 0. The average molecular weight is 287 g/mol. The van der Waals surface area contributed by atoms with Crippen LogP contribution < -0.4 is 0 Å². The number of hydrogen-bond donors (Lipinski definition) is 0. The third-order valence-electron chi connectivity index (χ3n) is 2.06. The van der Waals surface area contributed by atoms with Gasteiger partial charge < -0.3 is 0 Å². The first-order chi connectivity index (χ1) is 7.13. The van der Waals surface area contributed by atoms with E-state index in [-0.39, 0.29) is 0 Å². The lowest BCUT2D eigenvalue weighted by Crippen LogP contribution is -1.89. The van der Waals surface area contributed by atoms with Crippen molar-refractivity contribution in [2.45, 2.75) is 25.2 Å². The van der Waals surface area contributed by atoms with E-state index in [4.69, 9.17) is 0 Å². The maximum Gasteiger partial charge on any atom is 0.151 e. The average Bonchev–Trinajstić information content (AvgIpc) is 2.17. The van der Waals surface area contributed by atoms with Gasteiger partial charge in [0.25, 0.3) is 0 Å². The highest BCUT2D eigenvalue weighted by Crippen LogP contribution is 2.25. The minimum atomic E-state index is 0.711. The smallest absolute Gasteiger partial charge is 0.151 e. The molecule has 1 aromatic carbocycles. The Bertz CT molecular complexity index is 336. The van der Waals surface area contributed by atoms with Gasteiger partial charge in [0.15, 0.2) is 6.29 Å². The molecule has 0 aliphatic rings. The number of carbonyl (C=O) groups is 1. The van der Waals surface area contributed by atoms with E-state index in [0.717, 1.165) is 22.4 Å². The summed E-state index contributed by atoms with van der Waals surface area (Å²) in [7, 11) is 0. The van der Waals surface area contributed by atoms with E-state index in [1.54, 1.807) is 0 Å². The fraction of sp³-hybridized carbons (Fsp3) is 0.417. The summed E-state index contributed by atoms with van der Waals surface area (Å²) < 4.78 is 0.882. The first kappa shape index (κ1) is 12.8. The summed E-state index contributed by atoms with van der Waals surface area (Å²) >= 11 is 5.22. The third kappa shape index (κ3) is 4.39. The molecule has 0 radical (unpaired) electrons. The minimum absolute atomic E-state index is 0.711. The van der Waals surface area contributed by atoms with Crippen LogP contribution in [0.15, 0.2) is 27.6 Å². The highest BCUT2D eigenvalue weighted by Gasteiger charge is 2.01. The Hall–Kier alpha value is -0.280. The Morgan fingerprint density at radius 3 is 2.73 bits per heavy atom. The molecule has 0 spiro atoms. The SMILES string of the molecule is CC(C)CCSc1ccc(C=O)c(Br)c1. The zero-order valence-electron chi connectivity index (χ0n) is 9.00. The zero-order chi connectivity index (χ0) is 11.3. The minimum Gasteiger partial charge on any atom is -0.298 e. The molecule has 1 nitrogen and oxygen atoms in total. The van der Waals surface area contributed by atoms with E-state index in [1.165, 1.54) is 11.3 Å². The summed E-state index contributed by atoms with van der Waals surface area (Å²) in [5.74, 6) is 1.88. The van der Waals surface area contributed by atoms with Gasteiger partial charge in [-0.2, -0.15) is 0 Å². The Balaban J connectivity index is 2.56. The molecule has 1 rings (SSSR count). The predicted molar refractivity (Wildman–Crippen MR) is 69.7 cm³/mol. The first-order valence-corrected chi connectivity index (χ1v) is 6.79. The molecule has 0 fully saturated rings. The largest absolute Gasteiger partial charge is 0.298 e. The van der Waals surface area contributed by atoms with Crippen LogP contribution in [0.5, 0.6) is 0 Å². The van der Waals surface area contributed by atoms with Crippen molar-refractivity contribution in [2.75, 3.05) is 5.75 Å². The molecule has 0 unspecified atom stereocenters. The Kier molecular flexibility index (Phi) is 5.40. The standard InChI is InChI=1S/C12H15BrOS/c1-9(2)5-6-15-11-4-3-10(8-14)12(13)7-11/h3-4,7-9H,5-6H2,1-2H3. The first-order valence-electron chi connectivity index (χ1n) is 5.01.